The highest BCUT2D eigenvalue weighted by molar-refractivity contribution is 9.10. The molecule has 0 N–H and O–H groups in total. The summed E-state index contributed by atoms with van der Waals surface area (Å²) in [6.07, 6.45) is 0. The van der Waals surface area contributed by atoms with E-state index in [1.54, 1.807) is 18.2 Å². The molecule has 0 bridgehead atoms. The van der Waals surface area contributed by atoms with Crippen LogP contribution in [0, 0.1) is 5.82 Å². The number of hydrogen-bond acceptors (Lipinski definition) is 1. The molecular formula is C14H11BrClFO. The second kappa shape index (κ2) is 6.32. The molecule has 0 saturated heterocycles. The molecule has 0 unspecified atom stereocenters. The summed E-state index contributed by atoms with van der Waals surface area (Å²) in [6, 6.07) is 12.3. The minimum Gasteiger partial charge on any atom is -0.372 e. The first-order valence-corrected chi connectivity index (χ1v) is 6.58. The topological polar surface area (TPSA) is 9.23 Å². The molecule has 0 spiro atoms. The van der Waals surface area contributed by atoms with Gasteiger partial charge in [0.1, 0.15) is 5.82 Å². The third kappa shape index (κ3) is 3.80. The van der Waals surface area contributed by atoms with E-state index in [9.17, 15) is 4.39 Å². The van der Waals surface area contributed by atoms with Crippen LogP contribution < -0.4 is 0 Å². The molecule has 2 rings (SSSR count). The SMILES string of the molecule is Fc1cc(Br)ccc1COCc1cccc(Cl)c1. The van der Waals surface area contributed by atoms with Crippen molar-refractivity contribution in [3.8, 4) is 0 Å². The summed E-state index contributed by atoms with van der Waals surface area (Å²) in [5.41, 5.74) is 1.51. The molecule has 0 fully saturated rings. The highest BCUT2D eigenvalue weighted by atomic mass is 79.9. The normalized spacial score (nSPS) is 10.6. The third-order valence-electron chi connectivity index (χ3n) is 2.43. The van der Waals surface area contributed by atoms with E-state index in [-0.39, 0.29) is 12.4 Å². The van der Waals surface area contributed by atoms with Crippen molar-refractivity contribution in [3.63, 3.8) is 0 Å². The monoisotopic (exact) mass is 328 g/mol. The van der Waals surface area contributed by atoms with Crippen molar-refractivity contribution >= 4 is 27.5 Å². The van der Waals surface area contributed by atoms with Gasteiger partial charge in [0, 0.05) is 15.1 Å². The molecule has 0 heterocycles. The molecule has 0 saturated carbocycles. The molecule has 0 radical (unpaired) electrons. The predicted octanol–water partition coefficient (Wildman–Crippen LogP) is 4.96. The van der Waals surface area contributed by atoms with Crippen molar-refractivity contribution in [2.75, 3.05) is 0 Å². The molecule has 0 amide bonds. The molecule has 0 atom stereocenters. The maximum Gasteiger partial charge on any atom is 0.129 e. The quantitative estimate of drug-likeness (QED) is 0.770. The lowest BCUT2D eigenvalue weighted by atomic mass is 10.2. The van der Waals surface area contributed by atoms with Crippen LogP contribution in [0.5, 0.6) is 0 Å². The fraction of sp³-hybridized carbons (Fsp3) is 0.143. The van der Waals surface area contributed by atoms with Crippen molar-refractivity contribution < 1.29 is 9.13 Å². The van der Waals surface area contributed by atoms with Crippen LogP contribution in [0.3, 0.4) is 0 Å². The van der Waals surface area contributed by atoms with Gasteiger partial charge in [0.05, 0.1) is 13.2 Å². The standard InChI is InChI=1S/C14H11BrClFO/c15-12-5-4-11(14(17)7-12)9-18-8-10-2-1-3-13(16)6-10/h1-7H,8-9H2. The Kier molecular flexibility index (Phi) is 4.75. The van der Waals surface area contributed by atoms with Gasteiger partial charge < -0.3 is 4.74 Å². The minimum atomic E-state index is -0.268. The Balaban J connectivity index is 1.92. The molecular weight excluding hydrogens is 319 g/mol. The summed E-state index contributed by atoms with van der Waals surface area (Å²) in [5.74, 6) is -0.268. The van der Waals surface area contributed by atoms with Gasteiger partial charge in [0.2, 0.25) is 0 Å². The highest BCUT2D eigenvalue weighted by Crippen LogP contribution is 2.17. The van der Waals surface area contributed by atoms with E-state index in [4.69, 9.17) is 16.3 Å². The summed E-state index contributed by atoms with van der Waals surface area (Å²) < 4.78 is 19.7. The molecule has 2 aromatic carbocycles. The Hall–Kier alpha value is -0.900. The van der Waals surface area contributed by atoms with Crippen LogP contribution in [0.15, 0.2) is 46.9 Å². The molecule has 0 aliphatic rings. The lowest BCUT2D eigenvalue weighted by molar-refractivity contribution is 0.105. The van der Waals surface area contributed by atoms with E-state index >= 15 is 0 Å². The van der Waals surface area contributed by atoms with Gasteiger partial charge in [-0.25, -0.2) is 4.39 Å². The Morgan fingerprint density at radius 3 is 2.67 bits per heavy atom. The molecule has 0 aliphatic carbocycles. The van der Waals surface area contributed by atoms with Crippen LogP contribution in [0.25, 0.3) is 0 Å². The van der Waals surface area contributed by atoms with Crippen molar-refractivity contribution in [1.29, 1.82) is 0 Å². The maximum atomic E-state index is 13.5. The first-order valence-electron chi connectivity index (χ1n) is 5.41. The van der Waals surface area contributed by atoms with Gasteiger partial charge in [0.15, 0.2) is 0 Å². The molecule has 1 nitrogen and oxygen atoms in total. The van der Waals surface area contributed by atoms with E-state index in [0.717, 1.165) is 10.0 Å². The summed E-state index contributed by atoms with van der Waals surface area (Å²) in [7, 11) is 0. The summed E-state index contributed by atoms with van der Waals surface area (Å²) in [4.78, 5) is 0. The molecule has 94 valence electrons. The number of rotatable bonds is 4. The average molecular weight is 330 g/mol. The number of halogens is 3. The largest absolute Gasteiger partial charge is 0.372 e. The van der Waals surface area contributed by atoms with Crippen molar-refractivity contribution in [2.45, 2.75) is 13.2 Å². The second-order valence-electron chi connectivity index (χ2n) is 3.86. The molecule has 4 heteroatoms. The Labute approximate surface area is 119 Å². The van der Waals surface area contributed by atoms with Crippen molar-refractivity contribution in [2.24, 2.45) is 0 Å². The van der Waals surface area contributed by atoms with Crippen LogP contribution in [0.1, 0.15) is 11.1 Å². The van der Waals surface area contributed by atoms with Gasteiger partial charge in [-0.2, -0.15) is 0 Å². The van der Waals surface area contributed by atoms with Crippen LogP contribution in [-0.2, 0) is 18.0 Å². The second-order valence-corrected chi connectivity index (χ2v) is 5.21. The van der Waals surface area contributed by atoms with Gasteiger partial charge in [-0.15, -0.1) is 0 Å². The van der Waals surface area contributed by atoms with Gasteiger partial charge in [-0.3, -0.25) is 0 Å². The zero-order valence-electron chi connectivity index (χ0n) is 9.50. The summed E-state index contributed by atoms with van der Waals surface area (Å²) >= 11 is 9.08. The lowest BCUT2D eigenvalue weighted by Gasteiger charge is -2.06. The van der Waals surface area contributed by atoms with E-state index in [2.05, 4.69) is 15.9 Å². The zero-order valence-corrected chi connectivity index (χ0v) is 11.8. The maximum absolute atomic E-state index is 13.5. The predicted molar refractivity (Wildman–Crippen MR) is 74.0 cm³/mol. The molecule has 2 aromatic rings. The van der Waals surface area contributed by atoms with Crippen molar-refractivity contribution in [1.82, 2.24) is 0 Å². The van der Waals surface area contributed by atoms with Crippen LogP contribution >= 0.6 is 27.5 Å². The van der Waals surface area contributed by atoms with Gasteiger partial charge in [-0.1, -0.05) is 45.7 Å². The number of hydrogen-bond donors (Lipinski definition) is 0. The minimum absolute atomic E-state index is 0.242. The Morgan fingerprint density at radius 2 is 1.94 bits per heavy atom. The van der Waals surface area contributed by atoms with Crippen LogP contribution in [0.4, 0.5) is 4.39 Å². The average Bonchev–Trinajstić information content (AvgIpc) is 2.32. The van der Waals surface area contributed by atoms with Crippen LogP contribution in [-0.4, -0.2) is 0 Å². The Morgan fingerprint density at radius 1 is 1.11 bits per heavy atom. The van der Waals surface area contributed by atoms with Crippen molar-refractivity contribution in [3.05, 3.63) is 68.9 Å². The third-order valence-corrected chi connectivity index (χ3v) is 3.16. The highest BCUT2D eigenvalue weighted by Gasteiger charge is 2.03. The van der Waals surface area contributed by atoms with E-state index in [1.807, 2.05) is 18.2 Å². The lowest BCUT2D eigenvalue weighted by Crippen LogP contribution is -1.96. The zero-order chi connectivity index (χ0) is 13.0. The fourth-order valence-electron chi connectivity index (χ4n) is 1.54. The first kappa shape index (κ1) is 13.5. The van der Waals surface area contributed by atoms with Crippen LogP contribution in [0.2, 0.25) is 5.02 Å². The van der Waals surface area contributed by atoms with Gasteiger partial charge in [-0.05, 0) is 29.8 Å². The number of ether oxygens (including phenoxy) is 1. The molecule has 18 heavy (non-hydrogen) atoms. The van der Waals surface area contributed by atoms with Gasteiger partial charge >= 0.3 is 0 Å². The van der Waals surface area contributed by atoms with E-state index in [1.165, 1.54) is 6.07 Å². The molecule has 0 aromatic heterocycles. The Bertz CT molecular complexity index is 545. The molecule has 0 aliphatic heterocycles. The fourth-order valence-corrected chi connectivity index (χ4v) is 2.09. The number of benzene rings is 2. The first-order chi connectivity index (χ1) is 8.65. The summed E-state index contributed by atoms with van der Waals surface area (Å²) in [6.45, 7) is 0.654. The summed E-state index contributed by atoms with van der Waals surface area (Å²) in [5, 5.41) is 0.672. The smallest absolute Gasteiger partial charge is 0.129 e. The van der Waals surface area contributed by atoms with E-state index in [0.29, 0.717) is 17.2 Å². The van der Waals surface area contributed by atoms with E-state index < -0.39 is 0 Å². The van der Waals surface area contributed by atoms with Gasteiger partial charge in [0.25, 0.3) is 0 Å².